The number of aromatic nitrogens is 2. The van der Waals surface area contributed by atoms with E-state index in [9.17, 15) is 4.79 Å². The Balaban J connectivity index is 1.98. The van der Waals surface area contributed by atoms with Crippen LogP contribution in [-0.4, -0.2) is 34.9 Å². The van der Waals surface area contributed by atoms with Gasteiger partial charge in [-0.2, -0.15) is 0 Å². The molecule has 0 spiro atoms. The summed E-state index contributed by atoms with van der Waals surface area (Å²) in [7, 11) is 1.64. The first kappa shape index (κ1) is 16.4. The molecule has 5 nitrogen and oxygen atoms in total. The molecule has 1 amide bonds. The minimum Gasteiger partial charge on any atom is -0.497 e. The monoisotopic (exact) mass is 319 g/mol. The van der Waals surface area contributed by atoms with Gasteiger partial charge in [-0.15, -0.1) is 0 Å². The Kier molecular flexibility index (Phi) is 5.89. The number of nitrogens with zero attached hydrogens (tertiary/aromatic N) is 2. The van der Waals surface area contributed by atoms with Crippen LogP contribution in [0.25, 0.3) is 5.69 Å². The molecule has 1 aromatic carbocycles. The average molecular weight is 319 g/mol. The van der Waals surface area contributed by atoms with Crippen LogP contribution >= 0.6 is 11.8 Å². The minimum absolute atomic E-state index is 0.0305. The van der Waals surface area contributed by atoms with E-state index in [0.717, 1.165) is 16.6 Å². The first-order chi connectivity index (χ1) is 10.6. The number of methoxy groups -OCH3 is 1. The third-order valence-corrected chi connectivity index (χ3v) is 3.96. The lowest BCUT2D eigenvalue weighted by Crippen LogP contribution is -2.28. The Hall–Kier alpha value is -1.95. The lowest BCUT2D eigenvalue weighted by atomic mass is 10.2. The minimum atomic E-state index is 0.0305. The summed E-state index contributed by atoms with van der Waals surface area (Å²) < 4.78 is 7.12. The van der Waals surface area contributed by atoms with E-state index in [4.69, 9.17) is 4.74 Å². The molecule has 0 aliphatic carbocycles. The number of amides is 1. The van der Waals surface area contributed by atoms with Gasteiger partial charge in [-0.25, -0.2) is 4.98 Å². The number of ether oxygens (including phenoxy) is 1. The van der Waals surface area contributed by atoms with Crippen molar-refractivity contribution in [2.45, 2.75) is 19.0 Å². The van der Waals surface area contributed by atoms with Gasteiger partial charge in [-0.05, 0) is 30.2 Å². The van der Waals surface area contributed by atoms with Gasteiger partial charge in [-0.3, -0.25) is 9.36 Å². The Morgan fingerprint density at radius 3 is 2.73 bits per heavy atom. The van der Waals surface area contributed by atoms with Crippen LogP contribution in [0.1, 0.15) is 13.8 Å². The van der Waals surface area contributed by atoms with Gasteiger partial charge in [0.1, 0.15) is 5.75 Å². The zero-order chi connectivity index (χ0) is 15.9. The normalized spacial score (nSPS) is 10.7. The zero-order valence-corrected chi connectivity index (χ0v) is 13.9. The molecule has 0 saturated carbocycles. The predicted molar refractivity (Wildman–Crippen MR) is 88.7 cm³/mol. The molecular weight excluding hydrogens is 298 g/mol. The number of carbonyl (C=O) groups excluding carboxylic acids is 1. The van der Waals surface area contributed by atoms with Crippen molar-refractivity contribution >= 4 is 17.7 Å². The summed E-state index contributed by atoms with van der Waals surface area (Å²) in [6, 6.07) is 7.73. The molecule has 2 rings (SSSR count). The number of benzene rings is 1. The van der Waals surface area contributed by atoms with Crippen molar-refractivity contribution in [2.24, 2.45) is 5.92 Å². The fourth-order valence-corrected chi connectivity index (χ4v) is 2.64. The number of carbonyl (C=O) groups is 1. The van der Waals surface area contributed by atoms with Crippen molar-refractivity contribution in [2.75, 3.05) is 19.4 Å². The molecule has 1 aromatic heterocycles. The first-order valence-electron chi connectivity index (χ1n) is 7.17. The lowest BCUT2D eigenvalue weighted by molar-refractivity contribution is -0.118. The van der Waals surface area contributed by atoms with Gasteiger partial charge in [0, 0.05) is 24.6 Å². The van der Waals surface area contributed by atoms with E-state index in [1.54, 1.807) is 13.3 Å². The summed E-state index contributed by atoms with van der Waals surface area (Å²) in [6.07, 6.45) is 3.62. The van der Waals surface area contributed by atoms with Crippen molar-refractivity contribution in [3.05, 3.63) is 36.7 Å². The molecule has 1 heterocycles. The standard InChI is InChI=1S/C16H21N3O2S/c1-12(2)10-18-15(20)11-22-16-17-8-9-19(16)13-4-6-14(21-3)7-5-13/h4-9,12H,10-11H2,1-3H3,(H,18,20). The summed E-state index contributed by atoms with van der Waals surface area (Å²) in [6.45, 7) is 4.85. The molecule has 2 aromatic rings. The maximum atomic E-state index is 11.8. The predicted octanol–water partition coefficient (Wildman–Crippen LogP) is 2.75. The molecule has 0 radical (unpaired) electrons. The number of hydrogen-bond donors (Lipinski definition) is 1. The van der Waals surface area contributed by atoms with Gasteiger partial charge in [0.25, 0.3) is 0 Å². The molecule has 1 N–H and O–H groups in total. The van der Waals surface area contributed by atoms with Crippen LogP contribution in [0.2, 0.25) is 0 Å². The molecular formula is C16H21N3O2S. The average Bonchev–Trinajstić information content (AvgIpc) is 2.99. The fraction of sp³-hybridized carbons (Fsp3) is 0.375. The van der Waals surface area contributed by atoms with E-state index in [1.165, 1.54) is 11.8 Å². The van der Waals surface area contributed by atoms with Gasteiger partial charge in [0.2, 0.25) is 5.91 Å². The highest BCUT2D eigenvalue weighted by Gasteiger charge is 2.09. The second-order valence-corrected chi connectivity index (χ2v) is 6.21. The van der Waals surface area contributed by atoms with Crippen molar-refractivity contribution in [3.8, 4) is 11.4 Å². The van der Waals surface area contributed by atoms with Crippen LogP contribution in [-0.2, 0) is 4.79 Å². The van der Waals surface area contributed by atoms with E-state index in [2.05, 4.69) is 24.1 Å². The van der Waals surface area contributed by atoms with Gasteiger partial charge in [0.15, 0.2) is 5.16 Å². The van der Waals surface area contributed by atoms with Crippen molar-refractivity contribution in [1.82, 2.24) is 14.9 Å². The molecule has 0 atom stereocenters. The van der Waals surface area contributed by atoms with Gasteiger partial charge in [-0.1, -0.05) is 25.6 Å². The maximum Gasteiger partial charge on any atom is 0.230 e. The summed E-state index contributed by atoms with van der Waals surface area (Å²) in [5.74, 6) is 1.66. The van der Waals surface area contributed by atoms with Crippen LogP contribution in [0, 0.1) is 5.92 Å². The van der Waals surface area contributed by atoms with E-state index in [1.807, 2.05) is 35.0 Å². The number of thioether (sulfide) groups is 1. The van der Waals surface area contributed by atoms with Gasteiger partial charge in [0.05, 0.1) is 12.9 Å². The maximum absolute atomic E-state index is 11.8. The lowest BCUT2D eigenvalue weighted by Gasteiger charge is -2.09. The van der Waals surface area contributed by atoms with Crippen molar-refractivity contribution in [1.29, 1.82) is 0 Å². The van der Waals surface area contributed by atoms with Gasteiger partial charge >= 0.3 is 0 Å². The Morgan fingerprint density at radius 1 is 1.36 bits per heavy atom. The van der Waals surface area contributed by atoms with E-state index in [-0.39, 0.29) is 5.91 Å². The van der Waals surface area contributed by atoms with E-state index >= 15 is 0 Å². The molecule has 0 fully saturated rings. The number of hydrogen-bond acceptors (Lipinski definition) is 4. The molecule has 118 valence electrons. The smallest absolute Gasteiger partial charge is 0.230 e. The molecule has 0 bridgehead atoms. The van der Waals surface area contributed by atoms with E-state index < -0.39 is 0 Å². The summed E-state index contributed by atoms with van der Waals surface area (Å²) in [5, 5.41) is 3.70. The van der Waals surface area contributed by atoms with Crippen molar-refractivity contribution in [3.63, 3.8) is 0 Å². The number of nitrogens with one attached hydrogen (secondary N) is 1. The van der Waals surface area contributed by atoms with Crippen LogP contribution in [0.3, 0.4) is 0 Å². The van der Waals surface area contributed by atoms with Crippen LogP contribution < -0.4 is 10.1 Å². The van der Waals surface area contributed by atoms with Crippen molar-refractivity contribution < 1.29 is 9.53 Å². The highest BCUT2D eigenvalue weighted by Crippen LogP contribution is 2.22. The molecule has 0 unspecified atom stereocenters. The Labute approximate surface area is 135 Å². The van der Waals surface area contributed by atoms with Crippen LogP contribution in [0.4, 0.5) is 0 Å². The highest BCUT2D eigenvalue weighted by atomic mass is 32.2. The number of imidazole rings is 1. The molecule has 0 saturated heterocycles. The topological polar surface area (TPSA) is 56.2 Å². The van der Waals surface area contributed by atoms with Gasteiger partial charge < -0.3 is 10.1 Å². The van der Waals surface area contributed by atoms with E-state index in [0.29, 0.717) is 18.2 Å². The second kappa shape index (κ2) is 7.89. The summed E-state index contributed by atoms with van der Waals surface area (Å²) in [5.41, 5.74) is 0.989. The molecule has 0 aliphatic heterocycles. The largest absolute Gasteiger partial charge is 0.497 e. The third kappa shape index (κ3) is 4.53. The molecule has 22 heavy (non-hydrogen) atoms. The third-order valence-electron chi connectivity index (χ3n) is 3.00. The highest BCUT2D eigenvalue weighted by molar-refractivity contribution is 7.99. The zero-order valence-electron chi connectivity index (χ0n) is 13.1. The first-order valence-corrected chi connectivity index (χ1v) is 8.16. The summed E-state index contributed by atoms with van der Waals surface area (Å²) >= 11 is 1.43. The summed E-state index contributed by atoms with van der Waals surface area (Å²) in [4.78, 5) is 16.1. The molecule has 6 heteroatoms. The SMILES string of the molecule is COc1ccc(-n2ccnc2SCC(=O)NCC(C)C)cc1. The Morgan fingerprint density at radius 2 is 2.09 bits per heavy atom. The Bertz CT molecular complexity index is 608. The van der Waals surface area contributed by atoms with Crippen LogP contribution in [0.15, 0.2) is 41.8 Å². The van der Waals surface area contributed by atoms with Crippen LogP contribution in [0.5, 0.6) is 5.75 Å². The molecule has 0 aliphatic rings. The number of rotatable bonds is 7. The fourth-order valence-electron chi connectivity index (χ4n) is 1.83. The second-order valence-electron chi connectivity index (χ2n) is 5.26. The quantitative estimate of drug-likeness (QED) is 0.797.